The second-order valence-electron chi connectivity index (χ2n) is 3.37. The Morgan fingerprint density at radius 3 is 2.50 bits per heavy atom. The molecule has 0 radical (unpaired) electrons. The van der Waals surface area contributed by atoms with Crippen molar-refractivity contribution in [3.63, 3.8) is 0 Å². The Morgan fingerprint density at radius 2 is 1.94 bits per heavy atom. The Balaban J connectivity index is 2.74. The van der Waals surface area contributed by atoms with Crippen molar-refractivity contribution in [3.05, 3.63) is 40.9 Å². The van der Waals surface area contributed by atoms with Crippen LogP contribution in [0.2, 0.25) is 5.02 Å². The van der Waals surface area contributed by atoms with Crippen molar-refractivity contribution in [2.24, 2.45) is 0 Å². The lowest BCUT2D eigenvalue weighted by Gasteiger charge is -2.15. The van der Waals surface area contributed by atoms with Gasteiger partial charge in [-0.05, 0) is 31.6 Å². The van der Waals surface area contributed by atoms with Crippen molar-refractivity contribution in [2.45, 2.75) is 13.8 Å². The smallest absolute Gasteiger partial charge is 0.246 e. The van der Waals surface area contributed by atoms with Gasteiger partial charge >= 0.3 is 0 Å². The number of hydrogen-bond donors (Lipinski definition) is 0. The van der Waals surface area contributed by atoms with Crippen LogP contribution in [0.3, 0.4) is 0 Å². The minimum absolute atomic E-state index is 0.0184. The quantitative estimate of drug-likeness (QED) is 0.737. The van der Waals surface area contributed by atoms with E-state index in [0.717, 1.165) is 18.7 Å². The molecular formula is C13H16ClNO. The topological polar surface area (TPSA) is 20.3 Å². The maximum absolute atomic E-state index is 11.7. The number of rotatable bonds is 4. The van der Waals surface area contributed by atoms with E-state index in [9.17, 15) is 4.79 Å². The first kappa shape index (κ1) is 12.8. The van der Waals surface area contributed by atoms with E-state index in [2.05, 4.69) is 0 Å². The number of halogens is 1. The second kappa shape index (κ2) is 6.33. The molecule has 1 aromatic rings. The molecule has 2 nitrogen and oxygen atoms in total. The van der Waals surface area contributed by atoms with Crippen LogP contribution in [-0.2, 0) is 4.79 Å². The highest BCUT2D eigenvalue weighted by molar-refractivity contribution is 6.32. The first-order chi connectivity index (χ1) is 7.69. The third kappa shape index (κ3) is 3.38. The maximum atomic E-state index is 11.7. The number of carbonyl (C=O) groups is 1. The van der Waals surface area contributed by atoms with Crippen molar-refractivity contribution < 1.29 is 4.79 Å². The Bertz CT molecular complexity index is 383. The first-order valence-electron chi connectivity index (χ1n) is 5.40. The molecule has 0 fully saturated rings. The van der Waals surface area contributed by atoms with Gasteiger partial charge in [-0.3, -0.25) is 4.79 Å². The Morgan fingerprint density at radius 1 is 1.31 bits per heavy atom. The normalized spacial score (nSPS) is 10.7. The zero-order chi connectivity index (χ0) is 12.0. The monoisotopic (exact) mass is 237 g/mol. The summed E-state index contributed by atoms with van der Waals surface area (Å²) in [7, 11) is 0. The third-order valence-corrected chi connectivity index (χ3v) is 2.73. The lowest BCUT2D eigenvalue weighted by atomic mass is 10.2. The Labute approximate surface area is 102 Å². The molecule has 0 saturated heterocycles. The number of nitrogens with zero attached hydrogens (tertiary/aromatic N) is 1. The second-order valence-corrected chi connectivity index (χ2v) is 3.77. The molecule has 0 saturated carbocycles. The summed E-state index contributed by atoms with van der Waals surface area (Å²) < 4.78 is 0. The van der Waals surface area contributed by atoms with E-state index >= 15 is 0 Å². The van der Waals surface area contributed by atoms with Crippen molar-refractivity contribution in [2.75, 3.05) is 13.1 Å². The van der Waals surface area contributed by atoms with Gasteiger partial charge in [-0.1, -0.05) is 29.8 Å². The lowest BCUT2D eigenvalue weighted by molar-refractivity contribution is -0.125. The highest BCUT2D eigenvalue weighted by Gasteiger charge is 2.04. The highest BCUT2D eigenvalue weighted by Crippen LogP contribution is 2.16. The van der Waals surface area contributed by atoms with Gasteiger partial charge in [0.15, 0.2) is 0 Å². The zero-order valence-electron chi connectivity index (χ0n) is 9.61. The molecule has 0 aromatic heterocycles. The van der Waals surface area contributed by atoms with Gasteiger partial charge < -0.3 is 4.90 Å². The molecule has 0 spiro atoms. The predicted molar refractivity (Wildman–Crippen MR) is 68.4 cm³/mol. The van der Waals surface area contributed by atoms with Crippen molar-refractivity contribution in [3.8, 4) is 0 Å². The molecule has 16 heavy (non-hydrogen) atoms. The molecule has 0 heterocycles. The van der Waals surface area contributed by atoms with Crippen LogP contribution in [0.25, 0.3) is 6.08 Å². The molecule has 1 aromatic carbocycles. The largest absolute Gasteiger partial charge is 0.340 e. The molecule has 0 N–H and O–H groups in total. The molecule has 0 unspecified atom stereocenters. The van der Waals surface area contributed by atoms with Gasteiger partial charge in [0.05, 0.1) is 0 Å². The lowest BCUT2D eigenvalue weighted by Crippen LogP contribution is -2.28. The average molecular weight is 238 g/mol. The summed E-state index contributed by atoms with van der Waals surface area (Å²) in [5.41, 5.74) is 0.865. The van der Waals surface area contributed by atoms with Crippen LogP contribution in [-0.4, -0.2) is 23.9 Å². The fourth-order valence-electron chi connectivity index (χ4n) is 1.41. The zero-order valence-corrected chi connectivity index (χ0v) is 10.4. The molecule has 86 valence electrons. The van der Waals surface area contributed by atoms with E-state index in [0.29, 0.717) is 5.02 Å². The fourth-order valence-corrected chi connectivity index (χ4v) is 1.61. The third-order valence-electron chi connectivity index (χ3n) is 2.39. The molecule has 0 bridgehead atoms. The van der Waals surface area contributed by atoms with E-state index < -0.39 is 0 Å². The first-order valence-corrected chi connectivity index (χ1v) is 5.78. The summed E-state index contributed by atoms with van der Waals surface area (Å²) in [6.07, 6.45) is 3.32. The molecule has 1 rings (SSSR count). The maximum Gasteiger partial charge on any atom is 0.246 e. The fraction of sp³-hybridized carbons (Fsp3) is 0.308. The number of benzene rings is 1. The van der Waals surface area contributed by atoms with Crippen LogP contribution in [0.4, 0.5) is 0 Å². The van der Waals surface area contributed by atoms with Gasteiger partial charge in [0.1, 0.15) is 0 Å². The predicted octanol–water partition coefficient (Wildman–Crippen LogP) is 3.22. The Kier molecular flexibility index (Phi) is 5.06. The SMILES string of the molecule is CCN(CC)C(=O)/C=C\c1ccccc1Cl. The summed E-state index contributed by atoms with van der Waals surface area (Å²) in [6, 6.07) is 7.46. The van der Waals surface area contributed by atoms with E-state index in [4.69, 9.17) is 11.6 Å². The molecule has 0 aliphatic carbocycles. The van der Waals surface area contributed by atoms with E-state index in [1.807, 2.05) is 38.1 Å². The molecule has 0 aliphatic rings. The van der Waals surface area contributed by atoms with Crippen LogP contribution < -0.4 is 0 Å². The summed E-state index contributed by atoms with van der Waals surface area (Å²) in [5.74, 6) is 0.0184. The minimum Gasteiger partial charge on any atom is -0.340 e. The van der Waals surface area contributed by atoms with E-state index in [-0.39, 0.29) is 5.91 Å². The molecular weight excluding hydrogens is 222 g/mol. The molecule has 0 atom stereocenters. The number of amides is 1. The van der Waals surface area contributed by atoms with Gasteiger partial charge in [-0.2, -0.15) is 0 Å². The summed E-state index contributed by atoms with van der Waals surface area (Å²) in [5, 5.41) is 0.658. The van der Waals surface area contributed by atoms with Gasteiger partial charge in [0, 0.05) is 24.2 Å². The van der Waals surface area contributed by atoms with Crippen molar-refractivity contribution in [1.29, 1.82) is 0 Å². The Hall–Kier alpha value is -1.28. The van der Waals surface area contributed by atoms with Gasteiger partial charge in [0.2, 0.25) is 5.91 Å². The highest BCUT2D eigenvalue weighted by atomic mass is 35.5. The van der Waals surface area contributed by atoms with E-state index in [1.165, 1.54) is 0 Å². The van der Waals surface area contributed by atoms with Gasteiger partial charge in [0.25, 0.3) is 0 Å². The summed E-state index contributed by atoms with van der Waals surface area (Å²) in [6.45, 7) is 5.37. The number of hydrogen-bond acceptors (Lipinski definition) is 1. The van der Waals surface area contributed by atoms with Gasteiger partial charge in [-0.15, -0.1) is 0 Å². The average Bonchev–Trinajstić information content (AvgIpc) is 2.29. The van der Waals surface area contributed by atoms with Gasteiger partial charge in [-0.25, -0.2) is 0 Å². The van der Waals surface area contributed by atoms with E-state index in [1.54, 1.807) is 17.1 Å². The summed E-state index contributed by atoms with van der Waals surface area (Å²) >= 11 is 5.98. The minimum atomic E-state index is 0.0184. The van der Waals surface area contributed by atoms with Crippen LogP contribution in [0.15, 0.2) is 30.3 Å². The molecule has 3 heteroatoms. The van der Waals surface area contributed by atoms with Crippen LogP contribution >= 0.6 is 11.6 Å². The van der Waals surface area contributed by atoms with Crippen LogP contribution in [0.5, 0.6) is 0 Å². The molecule has 1 amide bonds. The van der Waals surface area contributed by atoms with Crippen molar-refractivity contribution in [1.82, 2.24) is 4.90 Å². The molecule has 0 aliphatic heterocycles. The standard InChI is InChI=1S/C13H16ClNO/c1-3-15(4-2)13(16)10-9-11-7-5-6-8-12(11)14/h5-10H,3-4H2,1-2H3/b10-9-. The van der Waals surface area contributed by atoms with Crippen molar-refractivity contribution >= 4 is 23.6 Å². The van der Waals surface area contributed by atoms with Crippen LogP contribution in [0.1, 0.15) is 19.4 Å². The summed E-state index contributed by atoms with van der Waals surface area (Å²) in [4.78, 5) is 13.4. The number of likely N-dealkylation sites (N-methyl/N-ethyl adjacent to an activating group) is 1. The number of carbonyl (C=O) groups excluding carboxylic acids is 1. The van der Waals surface area contributed by atoms with Crippen LogP contribution in [0, 0.1) is 0 Å².